The fraction of sp³-hybridized carbons (Fsp3) is 0.118. The van der Waals surface area contributed by atoms with E-state index in [0.29, 0.717) is 15.2 Å². The second-order valence-electron chi connectivity index (χ2n) is 5.57. The first-order valence-electron chi connectivity index (χ1n) is 7.65. The van der Waals surface area contributed by atoms with Crippen molar-refractivity contribution in [1.29, 1.82) is 0 Å². The molecule has 0 saturated heterocycles. The third-order valence-corrected chi connectivity index (χ3v) is 5.66. The van der Waals surface area contributed by atoms with E-state index in [9.17, 15) is 18.0 Å². The lowest BCUT2D eigenvalue weighted by atomic mass is 10.3. The molecule has 0 atom stereocenters. The number of halogens is 2. The maximum Gasteiger partial charge on any atom is 0.437 e. The average Bonchev–Trinajstić information content (AvgIpc) is 2.61. The van der Waals surface area contributed by atoms with Crippen LogP contribution in [0.25, 0.3) is 0 Å². The summed E-state index contributed by atoms with van der Waals surface area (Å²) >= 11 is 9.02. The molecule has 2 amide bonds. The number of anilines is 1. The number of oxime groups is 1. The van der Waals surface area contributed by atoms with Crippen molar-refractivity contribution >= 4 is 60.1 Å². The summed E-state index contributed by atoms with van der Waals surface area (Å²) in [5, 5.41) is 5.09. The van der Waals surface area contributed by atoms with E-state index < -0.39 is 26.9 Å². The molecule has 148 valence electrons. The second kappa shape index (κ2) is 9.18. The van der Waals surface area contributed by atoms with Gasteiger partial charge in [0.05, 0.1) is 4.90 Å². The molecule has 2 rings (SSSR count). The molecule has 1 N–H and O–H groups in total. The van der Waals surface area contributed by atoms with Gasteiger partial charge in [0.1, 0.15) is 0 Å². The zero-order valence-corrected chi connectivity index (χ0v) is 17.9. The summed E-state index contributed by atoms with van der Waals surface area (Å²) in [7, 11) is -1.63. The highest BCUT2D eigenvalue weighted by molar-refractivity contribution is 9.10. The smallest absolute Gasteiger partial charge is 0.343 e. The maximum atomic E-state index is 12.8. The SMILES string of the molecule is CN(C)C(=O)C(=NOC(=O)Nc1cccc(Cl)c1)S(=O)(=O)c1ccc(Br)cc1. The number of nitrogens with one attached hydrogen (secondary N) is 1. The van der Waals surface area contributed by atoms with Gasteiger partial charge in [-0.05, 0) is 42.5 Å². The summed E-state index contributed by atoms with van der Waals surface area (Å²) in [6.07, 6.45) is -1.09. The van der Waals surface area contributed by atoms with Crippen molar-refractivity contribution in [3.05, 3.63) is 58.0 Å². The van der Waals surface area contributed by atoms with E-state index in [-0.39, 0.29) is 4.90 Å². The van der Waals surface area contributed by atoms with Crippen molar-refractivity contribution in [2.45, 2.75) is 4.90 Å². The molecule has 0 bridgehead atoms. The van der Waals surface area contributed by atoms with Crippen molar-refractivity contribution in [2.24, 2.45) is 5.16 Å². The molecule has 0 spiro atoms. The van der Waals surface area contributed by atoms with Crippen LogP contribution in [0.2, 0.25) is 5.02 Å². The maximum absolute atomic E-state index is 12.8. The highest BCUT2D eigenvalue weighted by Gasteiger charge is 2.32. The van der Waals surface area contributed by atoms with E-state index in [1.807, 2.05) is 0 Å². The predicted molar refractivity (Wildman–Crippen MR) is 109 cm³/mol. The normalized spacial score (nSPS) is 11.6. The lowest BCUT2D eigenvalue weighted by Gasteiger charge is -2.12. The van der Waals surface area contributed by atoms with Gasteiger partial charge in [0.25, 0.3) is 11.0 Å². The Hall–Kier alpha value is -2.43. The number of nitrogens with zero attached hydrogens (tertiary/aromatic N) is 2. The predicted octanol–water partition coefficient (Wildman–Crippen LogP) is 3.53. The molecule has 0 saturated carbocycles. The minimum Gasteiger partial charge on any atom is -0.343 e. The number of amides is 2. The molecule has 0 aromatic heterocycles. The molecule has 2 aromatic carbocycles. The highest BCUT2D eigenvalue weighted by Crippen LogP contribution is 2.18. The first-order chi connectivity index (χ1) is 13.1. The molecule has 8 nitrogen and oxygen atoms in total. The molecular formula is C17H15BrClN3O5S. The fourth-order valence-corrected chi connectivity index (χ4v) is 3.63. The molecule has 0 heterocycles. The van der Waals surface area contributed by atoms with Crippen LogP contribution < -0.4 is 5.32 Å². The van der Waals surface area contributed by atoms with Crippen molar-refractivity contribution in [3.8, 4) is 0 Å². The first-order valence-corrected chi connectivity index (χ1v) is 10.3. The zero-order chi connectivity index (χ0) is 20.9. The molecule has 11 heteroatoms. The Kier molecular flexibility index (Phi) is 7.17. The third kappa shape index (κ3) is 5.54. The van der Waals surface area contributed by atoms with Crippen LogP contribution in [0, 0.1) is 0 Å². The fourth-order valence-electron chi connectivity index (χ4n) is 1.91. The molecule has 0 unspecified atom stereocenters. The van der Waals surface area contributed by atoms with E-state index in [0.717, 1.165) is 4.90 Å². The molecule has 0 radical (unpaired) electrons. The molecule has 0 aliphatic rings. The lowest BCUT2D eigenvalue weighted by molar-refractivity contribution is -0.121. The van der Waals surface area contributed by atoms with Gasteiger partial charge in [-0.3, -0.25) is 14.9 Å². The second-order valence-corrected chi connectivity index (χ2v) is 8.78. The number of hydrogen-bond donors (Lipinski definition) is 1. The molecule has 0 aliphatic heterocycles. The van der Waals surface area contributed by atoms with E-state index in [2.05, 4.69) is 31.2 Å². The van der Waals surface area contributed by atoms with Crippen LogP contribution in [0.3, 0.4) is 0 Å². The highest BCUT2D eigenvalue weighted by atomic mass is 79.9. The Morgan fingerprint density at radius 1 is 1.14 bits per heavy atom. The monoisotopic (exact) mass is 487 g/mol. The summed E-state index contributed by atoms with van der Waals surface area (Å²) in [6.45, 7) is 0. The molecule has 0 aliphatic carbocycles. The Bertz CT molecular complexity index is 1020. The molecule has 0 fully saturated rings. The Balaban J connectivity index is 2.31. The molecule has 2 aromatic rings. The van der Waals surface area contributed by atoms with Gasteiger partial charge in [-0.2, -0.15) is 0 Å². The topological polar surface area (TPSA) is 105 Å². The van der Waals surface area contributed by atoms with Gasteiger partial charge < -0.3 is 4.90 Å². The number of benzene rings is 2. The summed E-state index contributed by atoms with van der Waals surface area (Å²) in [5.41, 5.74) is 0.309. The van der Waals surface area contributed by atoms with Crippen LogP contribution in [0.5, 0.6) is 0 Å². The average molecular weight is 489 g/mol. The van der Waals surface area contributed by atoms with Gasteiger partial charge in [-0.15, -0.1) is 0 Å². The van der Waals surface area contributed by atoms with E-state index >= 15 is 0 Å². The first kappa shape index (κ1) is 21.9. The summed E-state index contributed by atoms with van der Waals surface area (Å²) in [5.74, 6) is -0.946. The Labute approximate surface area is 175 Å². The van der Waals surface area contributed by atoms with Crippen molar-refractivity contribution in [1.82, 2.24) is 4.90 Å². The van der Waals surface area contributed by atoms with Gasteiger partial charge in [0.2, 0.25) is 9.84 Å². The van der Waals surface area contributed by atoms with Crippen LogP contribution in [-0.4, -0.2) is 44.5 Å². The van der Waals surface area contributed by atoms with E-state index in [1.165, 1.54) is 44.4 Å². The van der Waals surface area contributed by atoms with Crippen LogP contribution in [0.1, 0.15) is 0 Å². The van der Waals surface area contributed by atoms with Gasteiger partial charge in [0.15, 0.2) is 0 Å². The van der Waals surface area contributed by atoms with Crippen LogP contribution in [0.15, 0.2) is 63.1 Å². The van der Waals surface area contributed by atoms with Crippen molar-refractivity contribution in [3.63, 3.8) is 0 Å². The largest absolute Gasteiger partial charge is 0.437 e. The van der Waals surface area contributed by atoms with Gasteiger partial charge in [-0.25, -0.2) is 13.2 Å². The quantitative estimate of drug-likeness (QED) is 0.308. The number of rotatable bonds is 3. The standard InChI is InChI=1S/C17H15BrClN3O5S/c1-22(2)16(23)15(28(25,26)14-8-6-11(18)7-9-14)21-27-17(24)20-13-5-3-4-12(19)10-13/h3-10H,1-2H3,(H,20,24). The molecule has 28 heavy (non-hydrogen) atoms. The number of carbonyl (C=O) groups is 2. The molecular weight excluding hydrogens is 474 g/mol. The van der Waals surface area contributed by atoms with Crippen LogP contribution in [0.4, 0.5) is 10.5 Å². The Morgan fingerprint density at radius 2 is 1.79 bits per heavy atom. The van der Waals surface area contributed by atoms with E-state index in [4.69, 9.17) is 11.6 Å². The zero-order valence-electron chi connectivity index (χ0n) is 14.7. The minimum atomic E-state index is -4.33. The van der Waals surface area contributed by atoms with E-state index in [1.54, 1.807) is 18.2 Å². The number of carbonyl (C=O) groups excluding carboxylic acids is 2. The summed E-state index contributed by atoms with van der Waals surface area (Å²) < 4.78 is 26.2. The lowest BCUT2D eigenvalue weighted by Crippen LogP contribution is -2.35. The van der Waals surface area contributed by atoms with Crippen LogP contribution in [-0.2, 0) is 19.5 Å². The third-order valence-electron chi connectivity index (χ3n) is 3.25. The van der Waals surface area contributed by atoms with Gasteiger partial charge in [0, 0.05) is 29.3 Å². The number of hydrogen-bond acceptors (Lipinski definition) is 6. The van der Waals surface area contributed by atoms with Crippen LogP contribution >= 0.6 is 27.5 Å². The van der Waals surface area contributed by atoms with Crippen molar-refractivity contribution < 1.29 is 22.8 Å². The minimum absolute atomic E-state index is 0.177. The Morgan fingerprint density at radius 3 is 2.36 bits per heavy atom. The van der Waals surface area contributed by atoms with Crippen molar-refractivity contribution in [2.75, 3.05) is 19.4 Å². The number of sulfone groups is 1. The van der Waals surface area contributed by atoms with Gasteiger partial charge in [-0.1, -0.05) is 38.8 Å². The summed E-state index contributed by atoms with van der Waals surface area (Å²) in [4.78, 5) is 29.7. The summed E-state index contributed by atoms with van der Waals surface area (Å²) in [6, 6.07) is 11.8. The van der Waals surface area contributed by atoms with Gasteiger partial charge >= 0.3 is 6.09 Å².